The highest BCUT2D eigenvalue weighted by molar-refractivity contribution is 8.21. The van der Waals surface area contributed by atoms with Gasteiger partial charge in [0.25, 0.3) is 10.0 Å². The third-order valence-electron chi connectivity index (χ3n) is 3.85. The maximum Gasteiger partial charge on any atom is 0.264 e. The summed E-state index contributed by atoms with van der Waals surface area (Å²) in [4.78, 5) is 0.319. The molecule has 0 bridgehead atoms. The molecular weight excluding hydrogens is 338 g/mol. The summed E-state index contributed by atoms with van der Waals surface area (Å²) in [6.07, 6.45) is 0.695. The number of rotatable bonds is 4. The zero-order valence-corrected chi connectivity index (χ0v) is 14.5. The number of halogens is 1. The van der Waals surface area contributed by atoms with Crippen molar-refractivity contribution in [1.29, 1.82) is 0 Å². The Hall–Kier alpha value is -1.17. The Labute approximate surface area is 139 Å². The van der Waals surface area contributed by atoms with Crippen LogP contribution in [0, 0.1) is 6.92 Å². The van der Waals surface area contributed by atoms with Crippen molar-refractivity contribution in [1.82, 2.24) is 0 Å². The lowest BCUT2D eigenvalue weighted by atomic mass is 10.1. The molecule has 0 aliphatic carbocycles. The Bertz CT molecular complexity index is 775. The molecule has 0 fully saturated rings. The van der Waals surface area contributed by atoms with Gasteiger partial charge in [0.15, 0.2) is 0 Å². The van der Waals surface area contributed by atoms with Crippen LogP contribution in [0.1, 0.15) is 11.1 Å². The van der Waals surface area contributed by atoms with Crippen LogP contribution in [0.3, 0.4) is 0 Å². The minimum Gasteiger partial charge on any atom is -0.262 e. The molecule has 22 heavy (non-hydrogen) atoms. The second kappa shape index (κ2) is 6.14. The summed E-state index contributed by atoms with van der Waals surface area (Å²) in [5.41, 5.74) is 2.85. The number of sulfonamides is 1. The SMILES string of the molecule is Cc1ccc(S(=O)(=O)N2c3ccccc3CC2CSCl)cc1. The number of fused-ring (bicyclic) bond motifs is 1. The normalized spacial score (nSPS) is 17.5. The summed E-state index contributed by atoms with van der Waals surface area (Å²) in [6.45, 7) is 1.94. The van der Waals surface area contributed by atoms with Crippen LogP contribution in [-0.2, 0) is 16.4 Å². The Kier molecular flexibility index (Phi) is 4.39. The van der Waals surface area contributed by atoms with E-state index in [1.807, 2.05) is 43.3 Å². The number of hydrogen-bond donors (Lipinski definition) is 0. The zero-order valence-electron chi connectivity index (χ0n) is 12.1. The molecule has 6 heteroatoms. The Balaban J connectivity index is 2.08. The van der Waals surface area contributed by atoms with E-state index in [9.17, 15) is 8.42 Å². The average molecular weight is 354 g/mol. The summed E-state index contributed by atoms with van der Waals surface area (Å²) < 4.78 is 27.7. The predicted molar refractivity (Wildman–Crippen MR) is 93.1 cm³/mol. The molecule has 1 aliphatic rings. The monoisotopic (exact) mass is 353 g/mol. The zero-order chi connectivity index (χ0) is 15.7. The van der Waals surface area contributed by atoms with E-state index in [2.05, 4.69) is 0 Å². The molecule has 2 aromatic carbocycles. The number of aryl methyl sites for hydroxylation is 1. The number of nitrogens with zero attached hydrogens (tertiary/aromatic N) is 1. The summed E-state index contributed by atoms with van der Waals surface area (Å²) in [5.74, 6) is 0.557. The molecule has 0 saturated carbocycles. The lowest BCUT2D eigenvalue weighted by Gasteiger charge is -2.26. The molecule has 1 heterocycles. The van der Waals surface area contributed by atoms with E-state index in [0.717, 1.165) is 27.8 Å². The van der Waals surface area contributed by atoms with Gasteiger partial charge in [0.1, 0.15) is 0 Å². The molecule has 0 radical (unpaired) electrons. The first kappa shape index (κ1) is 15.7. The van der Waals surface area contributed by atoms with Crippen molar-refractivity contribution in [2.45, 2.75) is 24.3 Å². The van der Waals surface area contributed by atoms with Crippen molar-refractivity contribution < 1.29 is 8.42 Å². The van der Waals surface area contributed by atoms with E-state index in [-0.39, 0.29) is 6.04 Å². The van der Waals surface area contributed by atoms with Gasteiger partial charge in [-0.2, -0.15) is 0 Å². The Morgan fingerprint density at radius 2 is 1.86 bits per heavy atom. The molecule has 0 N–H and O–H groups in total. The lowest BCUT2D eigenvalue weighted by molar-refractivity contribution is 0.585. The fourth-order valence-electron chi connectivity index (χ4n) is 2.78. The highest BCUT2D eigenvalue weighted by atomic mass is 35.7. The third kappa shape index (κ3) is 2.73. The van der Waals surface area contributed by atoms with Gasteiger partial charge in [0.2, 0.25) is 0 Å². The lowest BCUT2D eigenvalue weighted by Crippen LogP contribution is -2.39. The molecule has 3 rings (SSSR count). The van der Waals surface area contributed by atoms with Crippen LogP contribution in [-0.4, -0.2) is 20.2 Å². The van der Waals surface area contributed by atoms with Crippen molar-refractivity contribution in [3.05, 3.63) is 59.7 Å². The maximum atomic E-state index is 13.1. The van der Waals surface area contributed by atoms with Gasteiger partial charge in [0, 0.05) is 5.75 Å². The topological polar surface area (TPSA) is 37.4 Å². The molecule has 1 atom stereocenters. The number of anilines is 1. The molecule has 0 amide bonds. The quantitative estimate of drug-likeness (QED) is 0.833. The second-order valence-corrected chi connectivity index (χ2v) is 8.40. The summed E-state index contributed by atoms with van der Waals surface area (Å²) in [5, 5.41) is 0. The summed E-state index contributed by atoms with van der Waals surface area (Å²) in [7, 11) is 3.38. The molecular formula is C16H16ClNO2S2. The van der Waals surface area contributed by atoms with Gasteiger partial charge in [-0.3, -0.25) is 4.31 Å². The first-order valence-corrected chi connectivity index (χ1v) is 10.2. The molecule has 0 spiro atoms. The predicted octanol–water partition coefficient (Wildman–Crippen LogP) is 4.00. The van der Waals surface area contributed by atoms with Crippen molar-refractivity contribution >= 4 is 37.4 Å². The average Bonchev–Trinajstić information content (AvgIpc) is 2.86. The van der Waals surface area contributed by atoms with Gasteiger partial charge in [0.05, 0.1) is 16.6 Å². The molecule has 2 aromatic rings. The maximum absolute atomic E-state index is 13.1. The van der Waals surface area contributed by atoms with Gasteiger partial charge in [-0.15, -0.1) is 0 Å². The van der Waals surface area contributed by atoms with Crippen molar-refractivity contribution in [2.24, 2.45) is 0 Å². The Morgan fingerprint density at radius 3 is 2.55 bits per heavy atom. The van der Waals surface area contributed by atoms with Crippen LogP contribution in [0.4, 0.5) is 5.69 Å². The highest BCUT2D eigenvalue weighted by Crippen LogP contribution is 2.38. The molecule has 116 valence electrons. The fraction of sp³-hybridized carbons (Fsp3) is 0.250. The van der Waals surface area contributed by atoms with Crippen LogP contribution < -0.4 is 4.31 Å². The van der Waals surface area contributed by atoms with Crippen LogP contribution in [0.15, 0.2) is 53.4 Å². The van der Waals surface area contributed by atoms with Gasteiger partial charge < -0.3 is 0 Å². The minimum absolute atomic E-state index is 0.147. The summed E-state index contributed by atoms with van der Waals surface area (Å²) >= 11 is 0. The number of hydrogen-bond acceptors (Lipinski definition) is 3. The van der Waals surface area contributed by atoms with E-state index >= 15 is 0 Å². The van der Waals surface area contributed by atoms with E-state index in [4.69, 9.17) is 10.7 Å². The Morgan fingerprint density at radius 1 is 1.18 bits per heavy atom. The first-order valence-electron chi connectivity index (χ1n) is 6.96. The van der Waals surface area contributed by atoms with E-state index < -0.39 is 10.0 Å². The standard InChI is InChI=1S/C16H16ClNO2S2/c1-12-6-8-15(9-7-12)22(19,20)18-14(11-21-17)10-13-4-2-3-5-16(13)18/h2-9,14H,10-11H2,1H3. The molecule has 1 unspecified atom stereocenters. The van der Waals surface area contributed by atoms with Gasteiger partial charge in [-0.25, -0.2) is 8.42 Å². The fourth-order valence-corrected chi connectivity index (χ4v) is 5.41. The van der Waals surface area contributed by atoms with Crippen LogP contribution in [0.25, 0.3) is 0 Å². The van der Waals surface area contributed by atoms with Crippen LogP contribution >= 0.6 is 21.7 Å². The van der Waals surface area contributed by atoms with Crippen LogP contribution in [0.5, 0.6) is 0 Å². The number of benzene rings is 2. The summed E-state index contributed by atoms with van der Waals surface area (Å²) in [6, 6.07) is 14.5. The van der Waals surface area contributed by atoms with Crippen molar-refractivity contribution in [3.63, 3.8) is 0 Å². The second-order valence-electron chi connectivity index (χ2n) is 5.38. The van der Waals surface area contributed by atoms with E-state index in [1.54, 1.807) is 12.1 Å². The van der Waals surface area contributed by atoms with E-state index in [1.165, 1.54) is 4.31 Å². The number of para-hydroxylation sites is 1. The minimum atomic E-state index is -3.58. The van der Waals surface area contributed by atoms with Gasteiger partial charge >= 0.3 is 0 Å². The smallest absolute Gasteiger partial charge is 0.262 e. The molecule has 1 aliphatic heterocycles. The van der Waals surface area contributed by atoms with Crippen LogP contribution in [0.2, 0.25) is 0 Å². The van der Waals surface area contributed by atoms with Gasteiger partial charge in [-0.1, -0.05) is 46.9 Å². The molecule has 0 aromatic heterocycles. The van der Waals surface area contributed by atoms with Crippen molar-refractivity contribution in [2.75, 3.05) is 10.1 Å². The highest BCUT2D eigenvalue weighted by Gasteiger charge is 2.38. The van der Waals surface area contributed by atoms with Crippen molar-refractivity contribution in [3.8, 4) is 0 Å². The molecule has 3 nitrogen and oxygen atoms in total. The first-order chi connectivity index (χ1) is 10.5. The molecule has 0 saturated heterocycles. The van der Waals surface area contributed by atoms with Gasteiger partial charge in [-0.05, 0) is 47.8 Å². The third-order valence-corrected chi connectivity index (χ3v) is 6.62. The van der Waals surface area contributed by atoms with E-state index in [0.29, 0.717) is 17.1 Å². The largest absolute Gasteiger partial charge is 0.264 e.